The van der Waals surface area contributed by atoms with Gasteiger partial charge in [-0.1, -0.05) is 114 Å². The monoisotopic (exact) mass is 547 g/mol. The maximum atomic E-state index is 8.93. The van der Waals surface area contributed by atoms with Gasteiger partial charge in [-0.3, -0.25) is 0 Å². The summed E-state index contributed by atoms with van der Waals surface area (Å²) in [5.74, 6) is 0. The molecule has 0 aromatic carbocycles. The molecule has 0 saturated carbocycles. The largest absolute Gasteiger partial charge is 0.870 e. The van der Waals surface area contributed by atoms with Crippen LogP contribution in [-0.4, -0.2) is 73.4 Å². The molecule has 0 saturated heterocycles. The molecule has 0 amide bonds. The fourth-order valence-electron chi connectivity index (χ4n) is 5.29. The molecule has 0 aliphatic rings. The van der Waals surface area contributed by atoms with Gasteiger partial charge in [0.1, 0.15) is 0 Å². The standard InChI is InChI=1S/2C16H36N.C2H5O.H2O/c2*1-5-9-13-17(14-10-6-2,15-11-7-3)16-12-8-4;1-2-3;/h2*5-16H2,1-4H3;2H2,1H3;1H2/q2*+1;-1;/p-1. The number of hydrogen-bond donors (Lipinski definition) is 0. The fourth-order valence-corrected chi connectivity index (χ4v) is 5.29. The van der Waals surface area contributed by atoms with Gasteiger partial charge in [0.2, 0.25) is 0 Å². The van der Waals surface area contributed by atoms with Gasteiger partial charge in [0, 0.05) is 0 Å². The third-order valence-electron chi connectivity index (χ3n) is 7.89. The van der Waals surface area contributed by atoms with E-state index in [-0.39, 0.29) is 12.1 Å². The lowest BCUT2D eigenvalue weighted by atomic mass is 10.1. The summed E-state index contributed by atoms with van der Waals surface area (Å²) in [6.07, 6.45) is 22.1. The van der Waals surface area contributed by atoms with E-state index in [1.54, 1.807) is 6.92 Å². The van der Waals surface area contributed by atoms with Crippen molar-refractivity contribution in [2.24, 2.45) is 0 Å². The Kier molecular flexibility index (Phi) is 41.1. The van der Waals surface area contributed by atoms with Crippen LogP contribution in [-0.2, 0) is 0 Å². The van der Waals surface area contributed by atoms with Gasteiger partial charge in [-0.25, -0.2) is 0 Å². The first-order chi connectivity index (χ1) is 17.9. The van der Waals surface area contributed by atoms with Crippen LogP contribution in [0.1, 0.15) is 165 Å². The van der Waals surface area contributed by atoms with Gasteiger partial charge in [0.15, 0.2) is 0 Å². The van der Waals surface area contributed by atoms with Crippen LogP contribution >= 0.6 is 0 Å². The van der Waals surface area contributed by atoms with Crippen molar-refractivity contribution >= 4 is 0 Å². The molecule has 0 radical (unpaired) electrons. The molecule has 0 spiro atoms. The number of hydrogen-bond acceptors (Lipinski definition) is 2. The van der Waals surface area contributed by atoms with Crippen molar-refractivity contribution in [2.45, 2.75) is 165 Å². The second-order valence-electron chi connectivity index (χ2n) is 11.6. The molecule has 0 aromatic heterocycles. The summed E-state index contributed by atoms with van der Waals surface area (Å²) in [4.78, 5) is 0. The van der Waals surface area contributed by atoms with E-state index in [0.29, 0.717) is 0 Å². The van der Waals surface area contributed by atoms with E-state index < -0.39 is 0 Å². The van der Waals surface area contributed by atoms with Gasteiger partial charge in [-0.05, 0) is 51.4 Å². The number of nitrogens with zero attached hydrogens (tertiary/aromatic N) is 2. The van der Waals surface area contributed by atoms with Crippen molar-refractivity contribution in [1.82, 2.24) is 0 Å². The molecule has 1 N–H and O–H groups in total. The van der Waals surface area contributed by atoms with E-state index in [4.69, 9.17) is 5.11 Å². The Bertz CT molecular complexity index is 293. The van der Waals surface area contributed by atoms with E-state index in [9.17, 15) is 0 Å². The van der Waals surface area contributed by atoms with Crippen LogP contribution in [0.15, 0.2) is 0 Å². The average molecular weight is 547 g/mol. The summed E-state index contributed by atoms with van der Waals surface area (Å²) in [6.45, 7) is 31.6. The molecule has 4 nitrogen and oxygen atoms in total. The average Bonchev–Trinajstić information content (AvgIpc) is 2.92. The van der Waals surface area contributed by atoms with Crippen LogP contribution in [0.4, 0.5) is 0 Å². The maximum Gasteiger partial charge on any atom is 0.0786 e. The SMILES string of the molecule is CCCC[N+](CCCC)(CCCC)CCCC.CCCC[N+](CCCC)(CCCC)CCCC.CC[O-].[OH-]. The van der Waals surface area contributed by atoms with Crippen LogP contribution in [0, 0.1) is 0 Å². The van der Waals surface area contributed by atoms with Crippen molar-refractivity contribution in [3.05, 3.63) is 0 Å². The van der Waals surface area contributed by atoms with E-state index in [1.165, 1.54) is 164 Å². The first kappa shape index (κ1) is 44.8. The molecule has 0 heterocycles. The quantitative estimate of drug-likeness (QED) is 0.113. The lowest BCUT2D eigenvalue weighted by Gasteiger charge is -2.39. The minimum atomic E-state index is 0. The molecule has 4 heteroatoms. The molecule has 0 aromatic rings. The zero-order valence-corrected chi connectivity index (χ0v) is 28.4. The number of quaternary nitrogens is 2. The Morgan fingerprint density at radius 3 is 0.500 bits per heavy atom. The number of rotatable bonds is 24. The van der Waals surface area contributed by atoms with Gasteiger partial charge in [0.25, 0.3) is 0 Å². The minimum absolute atomic E-state index is 0. The second-order valence-corrected chi connectivity index (χ2v) is 11.6. The molecular weight excluding hydrogens is 468 g/mol. The van der Waals surface area contributed by atoms with Crippen LogP contribution in [0.25, 0.3) is 0 Å². The summed E-state index contributed by atoms with van der Waals surface area (Å²) in [5, 5.41) is 8.93. The third kappa shape index (κ3) is 27.4. The summed E-state index contributed by atoms with van der Waals surface area (Å²) < 4.78 is 2.84. The van der Waals surface area contributed by atoms with E-state index in [2.05, 4.69) is 55.4 Å². The molecule has 0 fully saturated rings. The Hall–Kier alpha value is -0.160. The van der Waals surface area contributed by atoms with Crippen molar-refractivity contribution in [1.29, 1.82) is 0 Å². The van der Waals surface area contributed by atoms with Gasteiger partial charge < -0.3 is 19.5 Å². The summed E-state index contributed by atoms with van der Waals surface area (Å²) >= 11 is 0. The van der Waals surface area contributed by atoms with E-state index >= 15 is 0 Å². The van der Waals surface area contributed by atoms with Gasteiger partial charge >= 0.3 is 0 Å². The molecule has 0 bridgehead atoms. The highest BCUT2D eigenvalue weighted by Gasteiger charge is 2.25. The second kappa shape index (κ2) is 34.9. The van der Waals surface area contributed by atoms with E-state index in [1.807, 2.05) is 0 Å². The predicted molar refractivity (Wildman–Crippen MR) is 171 cm³/mol. The van der Waals surface area contributed by atoms with Gasteiger partial charge in [0.05, 0.1) is 52.4 Å². The lowest BCUT2D eigenvalue weighted by Crippen LogP contribution is -2.50. The first-order valence-electron chi connectivity index (χ1n) is 17.2. The fraction of sp³-hybridized carbons (Fsp3) is 1.00. The summed E-state index contributed by atoms with van der Waals surface area (Å²) in [5.41, 5.74) is 0. The van der Waals surface area contributed by atoms with E-state index in [0.717, 1.165) is 0 Å². The van der Waals surface area contributed by atoms with Crippen molar-refractivity contribution < 1.29 is 19.5 Å². The molecule has 0 rings (SSSR count). The minimum Gasteiger partial charge on any atom is -0.870 e. The Balaban J connectivity index is -0.000000269. The smallest absolute Gasteiger partial charge is 0.0786 e. The normalized spacial score (nSPS) is 11.2. The van der Waals surface area contributed by atoms with Crippen LogP contribution in [0.3, 0.4) is 0 Å². The maximum absolute atomic E-state index is 8.93. The molecule has 0 aliphatic carbocycles. The summed E-state index contributed by atoms with van der Waals surface area (Å²) in [6, 6.07) is 0. The molecule has 0 aliphatic heterocycles. The zero-order valence-electron chi connectivity index (χ0n) is 28.4. The Morgan fingerprint density at radius 2 is 0.421 bits per heavy atom. The number of unbranched alkanes of at least 4 members (excludes halogenated alkanes) is 8. The topological polar surface area (TPSA) is 53.1 Å². The molecule has 38 heavy (non-hydrogen) atoms. The van der Waals surface area contributed by atoms with Gasteiger partial charge in [-0.2, -0.15) is 0 Å². The Morgan fingerprint density at radius 1 is 0.316 bits per heavy atom. The van der Waals surface area contributed by atoms with Crippen molar-refractivity contribution in [3.8, 4) is 0 Å². The molecule has 0 atom stereocenters. The molecule has 236 valence electrons. The Labute approximate surface area is 243 Å². The van der Waals surface area contributed by atoms with Crippen molar-refractivity contribution in [2.75, 3.05) is 59.0 Å². The lowest BCUT2D eigenvalue weighted by molar-refractivity contribution is -0.929. The van der Waals surface area contributed by atoms with Crippen LogP contribution in [0.2, 0.25) is 0 Å². The first-order valence-corrected chi connectivity index (χ1v) is 17.2. The van der Waals surface area contributed by atoms with Crippen molar-refractivity contribution in [3.63, 3.8) is 0 Å². The predicted octanol–water partition coefficient (Wildman–Crippen LogP) is 9.20. The molecule has 0 unspecified atom stereocenters. The van der Waals surface area contributed by atoms with Gasteiger partial charge in [-0.15, -0.1) is 6.61 Å². The van der Waals surface area contributed by atoms with Crippen LogP contribution < -0.4 is 5.11 Å². The molecular formula is C34H78N2O2. The highest BCUT2D eigenvalue weighted by atomic mass is 16.2. The summed E-state index contributed by atoms with van der Waals surface area (Å²) in [7, 11) is 0. The highest BCUT2D eigenvalue weighted by molar-refractivity contribution is 4.50. The van der Waals surface area contributed by atoms with Crippen LogP contribution in [0.5, 0.6) is 0 Å². The third-order valence-corrected chi connectivity index (χ3v) is 7.89. The zero-order chi connectivity index (χ0) is 28.7. The highest BCUT2D eigenvalue weighted by Crippen LogP contribution is 2.17.